The fourth-order valence-corrected chi connectivity index (χ4v) is 1.77. The highest BCUT2D eigenvalue weighted by molar-refractivity contribution is 6.04. The van der Waals surface area contributed by atoms with Gasteiger partial charge in [0.25, 0.3) is 5.91 Å². The smallest absolute Gasteiger partial charge is 0.255 e. The minimum absolute atomic E-state index is 0.175. The van der Waals surface area contributed by atoms with Crippen LogP contribution < -0.4 is 5.32 Å². The molecule has 0 aromatic heterocycles. The van der Waals surface area contributed by atoms with Gasteiger partial charge in [0.15, 0.2) is 0 Å². The standard InChI is InChI=1S/C16H17NO2/c1-10-4-6-13(8-12(10)3)16(19)17-14-7-5-11(2)15(18)9-14/h4-9,18H,1-3H3,(H,17,19). The minimum atomic E-state index is -0.175. The highest BCUT2D eigenvalue weighted by atomic mass is 16.3. The van der Waals surface area contributed by atoms with Crippen molar-refractivity contribution in [3.63, 3.8) is 0 Å². The molecule has 0 atom stereocenters. The van der Waals surface area contributed by atoms with Crippen LogP contribution in [0.25, 0.3) is 0 Å². The Bertz CT molecular complexity index is 633. The highest BCUT2D eigenvalue weighted by Gasteiger charge is 2.08. The van der Waals surface area contributed by atoms with E-state index in [1.807, 2.05) is 32.9 Å². The number of carbonyl (C=O) groups is 1. The summed E-state index contributed by atoms with van der Waals surface area (Å²) in [7, 11) is 0. The van der Waals surface area contributed by atoms with Crippen LogP contribution in [-0.4, -0.2) is 11.0 Å². The molecule has 2 aromatic carbocycles. The van der Waals surface area contributed by atoms with E-state index in [0.29, 0.717) is 11.3 Å². The molecule has 2 N–H and O–H groups in total. The number of nitrogens with one attached hydrogen (secondary N) is 1. The first kappa shape index (κ1) is 13.1. The molecule has 98 valence electrons. The van der Waals surface area contributed by atoms with Crippen molar-refractivity contribution in [2.45, 2.75) is 20.8 Å². The van der Waals surface area contributed by atoms with Crippen LogP contribution in [0.4, 0.5) is 5.69 Å². The van der Waals surface area contributed by atoms with Crippen molar-refractivity contribution in [2.24, 2.45) is 0 Å². The molecule has 0 aliphatic carbocycles. The first-order chi connectivity index (χ1) is 8.97. The first-order valence-electron chi connectivity index (χ1n) is 6.15. The van der Waals surface area contributed by atoms with E-state index in [0.717, 1.165) is 16.7 Å². The lowest BCUT2D eigenvalue weighted by Gasteiger charge is -2.08. The number of amides is 1. The molecule has 0 heterocycles. The first-order valence-corrected chi connectivity index (χ1v) is 6.15. The van der Waals surface area contributed by atoms with Gasteiger partial charge in [0.05, 0.1) is 0 Å². The number of phenols is 1. The molecule has 0 fully saturated rings. The second kappa shape index (κ2) is 5.14. The largest absolute Gasteiger partial charge is 0.508 e. The van der Waals surface area contributed by atoms with Gasteiger partial charge >= 0.3 is 0 Å². The maximum Gasteiger partial charge on any atom is 0.255 e. The molecule has 0 saturated carbocycles. The summed E-state index contributed by atoms with van der Waals surface area (Å²) in [5.41, 5.74) is 4.22. The SMILES string of the molecule is Cc1ccc(C(=O)Nc2ccc(C)c(O)c2)cc1C. The molecule has 0 aliphatic rings. The van der Waals surface area contributed by atoms with Crippen LogP contribution in [0.2, 0.25) is 0 Å². The maximum atomic E-state index is 12.1. The second-order valence-corrected chi connectivity index (χ2v) is 4.75. The predicted molar refractivity (Wildman–Crippen MR) is 76.7 cm³/mol. The molecule has 3 nitrogen and oxygen atoms in total. The van der Waals surface area contributed by atoms with Gasteiger partial charge in [-0.1, -0.05) is 12.1 Å². The Labute approximate surface area is 112 Å². The molecular weight excluding hydrogens is 238 g/mol. The summed E-state index contributed by atoms with van der Waals surface area (Å²) in [6.45, 7) is 5.79. The van der Waals surface area contributed by atoms with Crippen molar-refractivity contribution < 1.29 is 9.90 Å². The normalized spacial score (nSPS) is 10.3. The molecule has 0 spiro atoms. The van der Waals surface area contributed by atoms with E-state index in [9.17, 15) is 9.90 Å². The summed E-state index contributed by atoms with van der Waals surface area (Å²) in [5, 5.41) is 12.4. The van der Waals surface area contributed by atoms with Crippen LogP contribution >= 0.6 is 0 Å². The van der Waals surface area contributed by atoms with Crippen molar-refractivity contribution >= 4 is 11.6 Å². The van der Waals surface area contributed by atoms with Crippen molar-refractivity contribution in [1.29, 1.82) is 0 Å². The van der Waals surface area contributed by atoms with Crippen LogP contribution in [0.1, 0.15) is 27.0 Å². The third-order valence-electron chi connectivity index (χ3n) is 3.24. The number of aromatic hydroxyl groups is 1. The Kier molecular flexibility index (Phi) is 3.56. The quantitative estimate of drug-likeness (QED) is 0.861. The molecule has 2 aromatic rings. The molecule has 0 aliphatic heterocycles. The number of aryl methyl sites for hydroxylation is 3. The van der Waals surface area contributed by atoms with E-state index < -0.39 is 0 Å². The number of carbonyl (C=O) groups excluding carboxylic acids is 1. The molecule has 19 heavy (non-hydrogen) atoms. The number of hydrogen-bond donors (Lipinski definition) is 2. The van der Waals surface area contributed by atoms with Crippen LogP contribution in [0, 0.1) is 20.8 Å². The zero-order valence-electron chi connectivity index (χ0n) is 11.3. The van der Waals surface area contributed by atoms with Gasteiger partial charge in [-0.3, -0.25) is 4.79 Å². The van der Waals surface area contributed by atoms with Gasteiger partial charge in [-0.05, 0) is 55.7 Å². The molecule has 3 heteroatoms. The van der Waals surface area contributed by atoms with E-state index in [1.54, 1.807) is 24.3 Å². The molecule has 2 rings (SSSR count). The van der Waals surface area contributed by atoms with E-state index in [2.05, 4.69) is 5.32 Å². The van der Waals surface area contributed by atoms with Crippen LogP contribution in [0.5, 0.6) is 5.75 Å². The minimum Gasteiger partial charge on any atom is -0.508 e. The summed E-state index contributed by atoms with van der Waals surface area (Å²) in [4.78, 5) is 12.1. The lowest BCUT2D eigenvalue weighted by atomic mass is 10.1. The van der Waals surface area contributed by atoms with E-state index in [1.165, 1.54) is 0 Å². The van der Waals surface area contributed by atoms with E-state index in [-0.39, 0.29) is 11.7 Å². The Morgan fingerprint density at radius 1 is 0.947 bits per heavy atom. The Hall–Kier alpha value is -2.29. The second-order valence-electron chi connectivity index (χ2n) is 4.75. The zero-order valence-corrected chi connectivity index (χ0v) is 11.3. The summed E-state index contributed by atoms with van der Waals surface area (Å²) in [6.07, 6.45) is 0. The number of anilines is 1. The van der Waals surface area contributed by atoms with Gasteiger partial charge < -0.3 is 10.4 Å². The van der Waals surface area contributed by atoms with Crippen LogP contribution in [0.15, 0.2) is 36.4 Å². The number of rotatable bonds is 2. The fraction of sp³-hybridized carbons (Fsp3) is 0.188. The van der Waals surface area contributed by atoms with Crippen molar-refractivity contribution in [2.75, 3.05) is 5.32 Å². The van der Waals surface area contributed by atoms with E-state index >= 15 is 0 Å². The van der Waals surface area contributed by atoms with Crippen molar-refractivity contribution in [1.82, 2.24) is 0 Å². The van der Waals surface area contributed by atoms with Gasteiger partial charge in [0.1, 0.15) is 5.75 Å². The summed E-state index contributed by atoms with van der Waals surface area (Å²) < 4.78 is 0. The predicted octanol–water partition coefficient (Wildman–Crippen LogP) is 3.57. The Morgan fingerprint density at radius 3 is 2.26 bits per heavy atom. The third kappa shape index (κ3) is 2.94. The lowest BCUT2D eigenvalue weighted by Crippen LogP contribution is -2.12. The summed E-state index contributed by atoms with van der Waals surface area (Å²) in [6, 6.07) is 10.7. The Balaban J connectivity index is 2.20. The highest BCUT2D eigenvalue weighted by Crippen LogP contribution is 2.21. The molecule has 0 saturated heterocycles. The molecule has 0 bridgehead atoms. The number of benzene rings is 2. The average molecular weight is 255 g/mol. The molecule has 1 amide bonds. The van der Waals surface area contributed by atoms with Crippen LogP contribution in [0.3, 0.4) is 0 Å². The lowest BCUT2D eigenvalue weighted by molar-refractivity contribution is 0.102. The maximum absolute atomic E-state index is 12.1. The van der Waals surface area contributed by atoms with Gasteiger partial charge in [-0.2, -0.15) is 0 Å². The van der Waals surface area contributed by atoms with E-state index in [4.69, 9.17) is 0 Å². The third-order valence-corrected chi connectivity index (χ3v) is 3.24. The van der Waals surface area contributed by atoms with Crippen molar-refractivity contribution in [3.05, 3.63) is 58.7 Å². The van der Waals surface area contributed by atoms with Gasteiger partial charge in [-0.25, -0.2) is 0 Å². The zero-order chi connectivity index (χ0) is 14.0. The molecule has 0 unspecified atom stereocenters. The Morgan fingerprint density at radius 2 is 1.63 bits per heavy atom. The molecular formula is C16H17NO2. The number of hydrogen-bond acceptors (Lipinski definition) is 2. The summed E-state index contributed by atoms with van der Waals surface area (Å²) in [5.74, 6) is 0.00393. The van der Waals surface area contributed by atoms with Gasteiger partial charge in [0, 0.05) is 17.3 Å². The van der Waals surface area contributed by atoms with Crippen molar-refractivity contribution in [3.8, 4) is 5.75 Å². The number of phenolic OH excluding ortho intramolecular Hbond substituents is 1. The van der Waals surface area contributed by atoms with Crippen LogP contribution in [-0.2, 0) is 0 Å². The topological polar surface area (TPSA) is 49.3 Å². The van der Waals surface area contributed by atoms with Gasteiger partial charge in [-0.15, -0.1) is 0 Å². The monoisotopic (exact) mass is 255 g/mol. The van der Waals surface area contributed by atoms with Gasteiger partial charge in [0.2, 0.25) is 0 Å². The average Bonchev–Trinajstić information content (AvgIpc) is 2.37. The summed E-state index contributed by atoms with van der Waals surface area (Å²) >= 11 is 0. The fourth-order valence-electron chi connectivity index (χ4n) is 1.77. The molecule has 0 radical (unpaired) electrons.